The van der Waals surface area contributed by atoms with Crippen molar-refractivity contribution in [1.82, 2.24) is 0 Å². The van der Waals surface area contributed by atoms with Crippen LogP contribution in [0.15, 0.2) is 36.7 Å². The normalized spacial score (nSPS) is 9.89. The van der Waals surface area contributed by atoms with Gasteiger partial charge in [0.2, 0.25) is 0 Å². The quantitative estimate of drug-likeness (QED) is 0.480. The predicted octanol–water partition coefficient (Wildman–Crippen LogP) is 6.01. The van der Waals surface area contributed by atoms with Crippen LogP contribution in [0.4, 0.5) is 52.7 Å². The largest absolute Gasteiger partial charge is 0.448 e. The van der Waals surface area contributed by atoms with Crippen molar-refractivity contribution in [2.45, 2.75) is 6.18 Å². The maximum absolute atomic E-state index is 11.0. The van der Waals surface area contributed by atoms with Gasteiger partial charge in [0.05, 0.1) is 0 Å². The smallest absolute Gasteiger partial charge is 0.213 e. The number of hydrogen-bond acceptors (Lipinski definition) is 0. The first-order valence-electron chi connectivity index (χ1n) is 3.41. The Hall–Kier alpha value is -1.62. The second-order valence-electron chi connectivity index (χ2n) is 1.84. The molecule has 0 aromatic carbocycles. The van der Waals surface area contributed by atoms with Crippen molar-refractivity contribution in [2.75, 3.05) is 0 Å². The Morgan fingerprint density at radius 1 is 0.579 bits per heavy atom. The standard InChI is InChI=1S/C3F6.C2F4.C2H2F2/c4-1(2(5)6)3(7,8)9;3-1(4)2(5)6;3-1-2-4/h;;1-2H. The van der Waals surface area contributed by atoms with E-state index in [2.05, 4.69) is 0 Å². The SMILES string of the molecule is FC(F)=C(F)C(F)(F)F.FC(F)=C(F)F.FC=CF. The Bertz CT molecular complexity index is 295. The molecule has 0 atom stereocenters. The van der Waals surface area contributed by atoms with Crippen LogP contribution in [0, 0.1) is 0 Å². The lowest BCUT2D eigenvalue weighted by atomic mass is 10.6. The van der Waals surface area contributed by atoms with E-state index in [-0.39, 0.29) is 12.7 Å². The van der Waals surface area contributed by atoms with Crippen LogP contribution in [-0.2, 0) is 0 Å². The average Bonchev–Trinajstić information content (AvgIpc) is 2.27. The van der Waals surface area contributed by atoms with Crippen molar-refractivity contribution in [2.24, 2.45) is 0 Å². The van der Waals surface area contributed by atoms with E-state index >= 15 is 0 Å². The molecule has 0 amide bonds. The summed E-state index contributed by atoms with van der Waals surface area (Å²) in [6.45, 7) is 0. The monoisotopic (exact) mass is 314 g/mol. The van der Waals surface area contributed by atoms with Gasteiger partial charge in [-0.05, 0) is 0 Å². The van der Waals surface area contributed by atoms with Gasteiger partial charge in [-0.2, -0.15) is 43.9 Å². The number of rotatable bonds is 0. The summed E-state index contributed by atoms with van der Waals surface area (Å²) in [7, 11) is 0. The van der Waals surface area contributed by atoms with Gasteiger partial charge >= 0.3 is 24.4 Å². The number of alkyl halides is 3. The van der Waals surface area contributed by atoms with E-state index in [1.165, 1.54) is 0 Å². The molecule has 0 aliphatic heterocycles. The molecule has 0 spiro atoms. The highest BCUT2D eigenvalue weighted by Crippen LogP contribution is 2.29. The first kappa shape index (κ1) is 22.6. The molecule has 12 heteroatoms. The molecule has 0 saturated carbocycles. The fourth-order valence-corrected chi connectivity index (χ4v) is 0.107. The lowest BCUT2D eigenvalue weighted by Crippen LogP contribution is -2.08. The molecule has 0 N–H and O–H groups in total. The lowest BCUT2D eigenvalue weighted by molar-refractivity contribution is -0.113. The number of hydrogen-bond donors (Lipinski definition) is 0. The van der Waals surface area contributed by atoms with E-state index in [0.29, 0.717) is 0 Å². The van der Waals surface area contributed by atoms with E-state index in [1.54, 1.807) is 0 Å². The zero-order valence-corrected chi connectivity index (χ0v) is 8.19. The third-order valence-electron chi connectivity index (χ3n) is 0.605. The molecule has 0 bridgehead atoms. The van der Waals surface area contributed by atoms with Gasteiger partial charge < -0.3 is 0 Å². The van der Waals surface area contributed by atoms with Gasteiger partial charge in [-0.15, -0.1) is 0 Å². The van der Waals surface area contributed by atoms with Gasteiger partial charge in [-0.1, -0.05) is 0 Å². The van der Waals surface area contributed by atoms with Crippen molar-refractivity contribution in [3.8, 4) is 0 Å². The maximum atomic E-state index is 11.0. The van der Waals surface area contributed by atoms with Crippen LogP contribution in [0.25, 0.3) is 0 Å². The molecule has 0 heterocycles. The van der Waals surface area contributed by atoms with Crippen LogP contribution in [0.1, 0.15) is 0 Å². The Labute approximate surface area is 96.9 Å². The minimum absolute atomic E-state index is 0.167. The molecule has 0 aromatic heterocycles. The highest BCUT2D eigenvalue weighted by atomic mass is 19.4. The Balaban J connectivity index is -0.000000222. The minimum atomic E-state index is -5.56. The summed E-state index contributed by atoms with van der Waals surface area (Å²) in [6.07, 6.45) is -15.0. The van der Waals surface area contributed by atoms with Gasteiger partial charge in [0.25, 0.3) is 5.83 Å². The van der Waals surface area contributed by atoms with Gasteiger partial charge in [0.1, 0.15) is 12.7 Å². The second kappa shape index (κ2) is 11.5. The number of halogens is 12. The van der Waals surface area contributed by atoms with Crippen molar-refractivity contribution in [3.05, 3.63) is 36.7 Å². The summed E-state index contributed by atoms with van der Waals surface area (Å²) in [4.78, 5) is 0. The maximum Gasteiger partial charge on any atom is 0.448 e. The summed E-state index contributed by atoms with van der Waals surface area (Å²) in [6, 6.07) is 0. The molecular formula is C7H2F12. The summed E-state index contributed by atoms with van der Waals surface area (Å²) >= 11 is 0. The fraction of sp³-hybridized carbons (Fsp3) is 0.143. The molecule has 0 aliphatic rings. The molecule has 0 radical (unpaired) electrons. The topological polar surface area (TPSA) is 0 Å². The Kier molecular flexibility index (Phi) is 13.6. The molecular weight excluding hydrogens is 312 g/mol. The van der Waals surface area contributed by atoms with Crippen LogP contribution in [-0.4, -0.2) is 6.18 Å². The van der Waals surface area contributed by atoms with E-state index in [9.17, 15) is 52.7 Å². The molecule has 0 saturated heterocycles. The van der Waals surface area contributed by atoms with Crippen LogP contribution in [0.5, 0.6) is 0 Å². The van der Waals surface area contributed by atoms with E-state index in [4.69, 9.17) is 0 Å². The summed E-state index contributed by atoms with van der Waals surface area (Å²) in [5, 5.41) is 0. The lowest BCUT2D eigenvalue weighted by Gasteiger charge is -1.98. The van der Waals surface area contributed by atoms with Crippen molar-refractivity contribution in [3.63, 3.8) is 0 Å². The van der Waals surface area contributed by atoms with Crippen LogP contribution < -0.4 is 0 Å². The van der Waals surface area contributed by atoms with Gasteiger partial charge in [0, 0.05) is 0 Å². The molecule has 0 fully saturated rings. The van der Waals surface area contributed by atoms with Crippen LogP contribution >= 0.6 is 0 Å². The van der Waals surface area contributed by atoms with Crippen LogP contribution in [0.3, 0.4) is 0 Å². The Morgan fingerprint density at radius 2 is 0.842 bits per heavy atom. The van der Waals surface area contributed by atoms with E-state index in [0.717, 1.165) is 0 Å². The highest BCUT2D eigenvalue weighted by molar-refractivity contribution is 4.98. The first-order valence-corrected chi connectivity index (χ1v) is 3.41. The summed E-state index contributed by atoms with van der Waals surface area (Å²) in [5.74, 6) is -3.33. The third-order valence-corrected chi connectivity index (χ3v) is 0.605. The summed E-state index contributed by atoms with van der Waals surface area (Å²) in [5.41, 5.74) is 0. The minimum Gasteiger partial charge on any atom is -0.213 e. The van der Waals surface area contributed by atoms with E-state index in [1.807, 2.05) is 0 Å². The number of allylic oxidation sites excluding steroid dienone is 1. The van der Waals surface area contributed by atoms with Gasteiger partial charge in [0.15, 0.2) is 0 Å². The fourth-order valence-electron chi connectivity index (χ4n) is 0.107. The molecule has 0 aromatic rings. The highest BCUT2D eigenvalue weighted by Gasteiger charge is 2.38. The first-order chi connectivity index (χ1) is 8.41. The molecule has 0 unspecified atom stereocenters. The molecule has 0 rings (SSSR count). The predicted molar refractivity (Wildman–Crippen MR) is 39.2 cm³/mol. The van der Waals surface area contributed by atoms with Crippen molar-refractivity contribution >= 4 is 0 Å². The molecule has 114 valence electrons. The Morgan fingerprint density at radius 3 is 0.842 bits per heavy atom. The molecule has 19 heavy (non-hydrogen) atoms. The summed E-state index contributed by atoms with van der Waals surface area (Å²) < 4.78 is 126. The third kappa shape index (κ3) is 18.9. The molecule has 0 nitrogen and oxygen atoms in total. The zero-order chi connectivity index (χ0) is 16.2. The van der Waals surface area contributed by atoms with Gasteiger partial charge in [-0.25, -0.2) is 8.78 Å². The van der Waals surface area contributed by atoms with E-state index < -0.39 is 30.2 Å². The average molecular weight is 314 g/mol. The zero-order valence-electron chi connectivity index (χ0n) is 8.19. The second-order valence-corrected chi connectivity index (χ2v) is 1.84. The van der Waals surface area contributed by atoms with Crippen LogP contribution in [0.2, 0.25) is 0 Å². The van der Waals surface area contributed by atoms with Crippen molar-refractivity contribution < 1.29 is 52.7 Å². The molecule has 0 aliphatic carbocycles. The van der Waals surface area contributed by atoms with Crippen molar-refractivity contribution in [1.29, 1.82) is 0 Å². The van der Waals surface area contributed by atoms with Gasteiger partial charge in [-0.3, -0.25) is 0 Å².